The molecule has 5 unspecified atom stereocenters. The van der Waals surface area contributed by atoms with Crippen LogP contribution in [0.2, 0.25) is 0 Å². The van der Waals surface area contributed by atoms with E-state index in [0.29, 0.717) is 0 Å². The molecule has 0 aliphatic carbocycles. The fourth-order valence-electron chi connectivity index (χ4n) is 4.05. The van der Waals surface area contributed by atoms with E-state index in [9.17, 15) is 40.2 Å². The number of fused-ring (bicyclic) bond motifs is 3. The number of aromatic hydroxyl groups is 4. The van der Waals surface area contributed by atoms with Crippen molar-refractivity contribution in [2.45, 2.75) is 30.5 Å². The second-order valence-corrected chi connectivity index (χ2v) is 7.83. The molecule has 0 aromatic heterocycles. The maximum atomic E-state index is 12.5. The highest BCUT2D eigenvalue weighted by Crippen LogP contribution is 2.50. The number of esters is 2. The number of aliphatic hydroxyl groups is 2. The third kappa shape index (κ3) is 3.99. The van der Waals surface area contributed by atoms with E-state index < -0.39 is 72.1 Å². The van der Waals surface area contributed by atoms with Gasteiger partial charge in [-0.2, -0.15) is 0 Å². The van der Waals surface area contributed by atoms with Crippen LogP contribution in [0, 0.1) is 0 Å². The predicted molar refractivity (Wildman–Crippen MR) is 112 cm³/mol. The van der Waals surface area contributed by atoms with E-state index in [4.69, 9.17) is 23.7 Å². The van der Waals surface area contributed by atoms with E-state index in [1.807, 2.05) is 0 Å². The molecule has 0 radical (unpaired) electrons. The lowest BCUT2D eigenvalue weighted by molar-refractivity contribution is -0.235. The quantitative estimate of drug-likeness (QED) is 0.241. The fourth-order valence-corrected chi connectivity index (χ4v) is 4.05. The van der Waals surface area contributed by atoms with Crippen LogP contribution in [-0.4, -0.2) is 87.8 Å². The van der Waals surface area contributed by atoms with Crippen molar-refractivity contribution < 1.29 is 63.9 Å². The number of aliphatic hydroxyl groups excluding tert-OH is 2. The monoisotopic (exact) mass is 494 g/mol. The first-order valence-corrected chi connectivity index (χ1v) is 10.2. The Hall–Kier alpha value is -3.94. The van der Waals surface area contributed by atoms with Crippen LogP contribution in [0.25, 0.3) is 0 Å². The molecule has 2 aromatic rings. The molecule has 2 aliphatic rings. The molecule has 1 saturated heterocycles. The smallest absolute Gasteiger partial charge is 0.339 e. The first-order chi connectivity index (χ1) is 16.6. The van der Waals surface area contributed by atoms with Crippen molar-refractivity contribution in [1.29, 1.82) is 0 Å². The molecule has 13 nitrogen and oxygen atoms in total. The topological polar surface area (TPSA) is 202 Å². The molecule has 1 fully saturated rings. The van der Waals surface area contributed by atoms with Crippen LogP contribution in [0.15, 0.2) is 18.2 Å². The van der Waals surface area contributed by atoms with E-state index in [2.05, 4.69) is 0 Å². The molecule has 2 aliphatic heterocycles. The summed E-state index contributed by atoms with van der Waals surface area (Å²) in [5.74, 6) is -4.84. The summed E-state index contributed by atoms with van der Waals surface area (Å²) in [7, 11) is 2.39. The lowest BCUT2D eigenvalue weighted by atomic mass is 9.86. The average molecular weight is 494 g/mol. The highest BCUT2D eigenvalue weighted by atomic mass is 16.6. The number of benzene rings is 2. The molecule has 13 heteroatoms. The van der Waals surface area contributed by atoms with Gasteiger partial charge in [0.05, 0.1) is 25.3 Å². The minimum Gasteiger partial charge on any atom is -0.504 e. The summed E-state index contributed by atoms with van der Waals surface area (Å²) in [4.78, 5) is 24.9. The van der Waals surface area contributed by atoms with Gasteiger partial charge in [0.25, 0.3) is 0 Å². The van der Waals surface area contributed by atoms with Gasteiger partial charge in [0, 0.05) is 5.56 Å². The number of carbonyl (C=O) groups is 2. The molecular weight excluding hydrogens is 472 g/mol. The third-order valence-corrected chi connectivity index (χ3v) is 5.80. The van der Waals surface area contributed by atoms with Gasteiger partial charge < -0.3 is 54.3 Å². The van der Waals surface area contributed by atoms with Crippen molar-refractivity contribution in [3.8, 4) is 34.5 Å². The molecule has 0 bridgehead atoms. The van der Waals surface area contributed by atoms with Crippen molar-refractivity contribution >= 4 is 11.9 Å². The van der Waals surface area contributed by atoms with Crippen molar-refractivity contribution in [2.24, 2.45) is 0 Å². The Morgan fingerprint density at radius 3 is 2.34 bits per heavy atom. The number of ether oxygens (including phenoxy) is 5. The number of hydrogen-bond donors (Lipinski definition) is 6. The molecule has 0 spiro atoms. The van der Waals surface area contributed by atoms with Gasteiger partial charge in [-0.15, -0.1) is 0 Å². The fraction of sp³-hybridized carbons (Fsp3) is 0.364. The van der Waals surface area contributed by atoms with Crippen LogP contribution in [0.4, 0.5) is 0 Å². The third-order valence-electron chi connectivity index (χ3n) is 5.80. The number of hydrogen-bond acceptors (Lipinski definition) is 13. The van der Waals surface area contributed by atoms with E-state index in [-0.39, 0.29) is 28.2 Å². The molecule has 2 aromatic carbocycles. The Balaban J connectivity index is 1.59. The Kier molecular flexibility index (Phi) is 6.23. The lowest BCUT2D eigenvalue weighted by Gasteiger charge is -2.44. The van der Waals surface area contributed by atoms with Gasteiger partial charge in [0.15, 0.2) is 29.1 Å². The van der Waals surface area contributed by atoms with Crippen LogP contribution in [0.3, 0.4) is 0 Å². The van der Waals surface area contributed by atoms with Crippen LogP contribution in [-0.2, 0) is 14.2 Å². The second-order valence-electron chi connectivity index (χ2n) is 7.83. The number of methoxy groups -OCH3 is 2. The van der Waals surface area contributed by atoms with Crippen molar-refractivity contribution in [2.75, 3.05) is 20.8 Å². The Labute approximate surface area is 197 Å². The van der Waals surface area contributed by atoms with Crippen LogP contribution >= 0.6 is 0 Å². The highest BCUT2D eigenvalue weighted by Gasteiger charge is 2.52. The van der Waals surface area contributed by atoms with Gasteiger partial charge >= 0.3 is 11.9 Å². The molecule has 5 atom stereocenters. The summed E-state index contributed by atoms with van der Waals surface area (Å²) < 4.78 is 25.9. The molecule has 0 amide bonds. The molecule has 6 N–H and O–H groups in total. The van der Waals surface area contributed by atoms with E-state index in [1.54, 1.807) is 0 Å². The second kappa shape index (κ2) is 9.02. The molecule has 188 valence electrons. The number of rotatable bonds is 5. The Morgan fingerprint density at radius 2 is 1.69 bits per heavy atom. The lowest BCUT2D eigenvalue weighted by Crippen LogP contribution is -2.58. The van der Waals surface area contributed by atoms with Gasteiger partial charge in [-0.3, -0.25) is 0 Å². The summed E-state index contributed by atoms with van der Waals surface area (Å²) in [6.45, 7) is -0.594. The normalized spacial score (nSPS) is 25.1. The summed E-state index contributed by atoms with van der Waals surface area (Å²) in [6.07, 6.45) is -7.42. The van der Waals surface area contributed by atoms with Gasteiger partial charge in [-0.05, 0) is 18.2 Å². The van der Waals surface area contributed by atoms with Gasteiger partial charge in [0.2, 0.25) is 11.5 Å². The minimum atomic E-state index is -1.69. The molecule has 35 heavy (non-hydrogen) atoms. The SMILES string of the molecule is COc1cc(C(=O)OCC2OC3c4c(cc(O)c(OC)c4O)C(=O)OC3C(O)C2O)cc(O)c1O. The maximum absolute atomic E-state index is 12.5. The standard InChI is InChI=1S/C22H22O13/c1-31-11-4-7(3-9(23)14(11)25)21(29)33-6-12-15(26)17(28)20-19(34-12)13-8(22(30)35-20)5-10(24)18(32-2)16(13)27/h3-5,12,15,17,19-20,23-28H,6H2,1-2H3. The zero-order chi connectivity index (χ0) is 25.6. The van der Waals surface area contributed by atoms with Gasteiger partial charge in [-0.1, -0.05) is 0 Å². The first kappa shape index (κ1) is 24.2. The summed E-state index contributed by atoms with van der Waals surface area (Å²) in [5, 5.41) is 61.2. The molecular formula is C22H22O13. The van der Waals surface area contributed by atoms with Crippen LogP contribution in [0.1, 0.15) is 32.4 Å². The molecule has 2 heterocycles. The van der Waals surface area contributed by atoms with E-state index in [1.165, 1.54) is 14.2 Å². The summed E-state index contributed by atoms with van der Waals surface area (Å²) >= 11 is 0. The predicted octanol–water partition coefficient (Wildman–Crippen LogP) is 0.0839. The Morgan fingerprint density at radius 1 is 0.971 bits per heavy atom. The largest absolute Gasteiger partial charge is 0.504 e. The zero-order valence-electron chi connectivity index (χ0n) is 18.4. The average Bonchev–Trinajstić information content (AvgIpc) is 2.82. The maximum Gasteiger partial charge on any atom is 0.339 e. The summed E-state index contributed by atoms with van der Waals surface area (Å²) in [6, 6.07) is 3.07. The minimum absolute atomic E-state index is 0.142. The number of carbonyl (C=O) groups excluding carboxylic acids is 2. The highest BCUT2D eigenvalue weighted by molar-refractivity contribution is 5.95. The zero-order valence-corrected chi connectivity index (χ0v) is 18.4. The van der Waals surface area contributed by atoms with Gasteiger partial charge in [0.1, 0.15) is 31.0 Å². The number of phenolic OH excluding ortho intramolecular Hbond substituents is 4. The van der Waals surface area contributed by atoms with Crippen molar-refractivity contribution in [3.63, 3.8) is 0 Å². The van der Waals surface area contributed by atoms with Gasteiger partial charge in [-0.25, -0.2) is 9.59 Å². The Bertz CT molecular complexity index is 1180. The number of phenols is 4. The summed E-state index contributed by atoms with van der Waals surface area (Å²) in [5.41, 5.74) is -0.569. The first-order valence-electron chi connectivity index (χ1n) is 10.2. The van der Waals surface area contributed by atoms with E-state index >= 15 is 0 Å². The molecule has 4 rings (SSSR count). The van der Waals surface area contributed by atoms with Crippen molar-refractivity contribution in [3.05, 3.63) is 34.9 Å². The van der Waals surface area contributed by atoms with E-state index in [0.717, 1.165) is 18.2 Å². The molecule has 0 saturated carbocycles. The van der Waals surface area contributed by atoms with Crippen LogP contribution in [0.5, 0.6) is 34.5 Å². The van der Waals surface area contributed by atoms with Crippen LogP contribution < -0.4 is 9.47 Å². The van der Waals surface area contributed by atoms with Crippen molar-refractivity contribution in [1.82, 2.24) is 0 Å².